The molecule has 1 fully saturated rings. The maximum Gasteiger partial charge on any atom is 0.237 e. The first-order valence-electron chi connectivity index (χ1n) is 7.32. The van der Waals surface area contributed by atoms with E-state index in [1.807, 2.05) is 6.92 Å². The Bertz CT molecular complexity index is 271. The van der Waals surface area contributed by atoms with E-state index in [0.717, 1.165) is 25.9 Å². The van der Waals surface area contributed by atoms with E-state index in [9.17, 15) is 4.79 Å². The highest BCUT2D eigenvalue weighted by molar-refractivity contribution is 5.81. The molecule has 19 heavy (non-hydrogen) atoms. The second kappa shape index (κ2) is 8.51. The van der Waals surface area contributed by atoms with E-state index >= 15 is 0 Å². The van der Waals surface area contributed by atoms with Gasteiger partial charge in [0, 0.05) is 32.8 Å². The van der Waals surface area contributed by atoms with Crippen LogP contribution < -0.4 is 11.1 Å². The zero-order chi connectivity index (χ0) is 14.3. The van der Waals surface area contributed by atoms with Gasteiger partial charge in [0.25, 0.3) is 0 Å². The number of carbonyl (C=O) groups excluding carboxylic acids is 1. The average Bonchev–Trinajstić information content (AvgIpc) is 2.42. The fourth-order valence-corrected chi connectivity index (χ4v) is 2.56. The molecule has 3 N–H and O–H groups in total. The van der Waals surface area contributed by atoms with Gasteiger partial charge in [-0.2, -0.15) is 0 Å². The number of rotatable bonds is 7. The topological polar surface area (TPSA) is 67.6 Å². The van der Waals surface area contributed by atoms with E-state index in [2.05, 4.69) is 17.1 Å². The van der Waals surface area contributed by atoms with Crippen LogP contribution in [0.4, 0.5) is 0 Å². The van der Waals surface area contributed by atoms with Crippen molar-refractivity contribution in [2.75, 3.05) is 33.4 Å². The Kier molecular flexibility index (Phi) is 7.34. The van der Waals surface area contributed by atoms with Gasteiger partial charge in [-0.3, -0.25) is 9.69 Å². The van der Waals surface area contributed by atoms with Gasteiger partial charge in [0.05, 0.1) is 6.04 Å². The Balaban J connectivity index is 2.34. The van der Waals surface area contributed by atoms with Gasteiger partial charge >= 0.3 is 0 Å². The summed E-state index contributed by atoms with van der Waals surface area (Å²) >= 11 is 0. The molecular formula is C14H29N3O2. The van der Waals surface area contributed by atoms with Crippen molar-refractivity contribution in [3.05, 3.63) is 0 Å². The lowest BCUT2D eigenvalue weighted by atomic mass is 9.91. The minimum absolute atomic E-state index is 0.0657. The molecule has 0 aromatic carbocycles. The maximum atomic E-state index is 12.1. The highest BCUT2D eigenvalue weighted by atomic mass is 16.5. The molecular weight excluding hydrogens is 242 g/mol. The molecule has 1 aliphatic rings. The summed E-state index contributed by atoms with van der Waals surface area (Å²) in [5, 5.41) is 2.97. The van der Waals surface area contributed by atoms with E-state index < -0.39 is 0 Å². The summed E-state index contributed by atoms with van der Waals surface area (Å²) in [5.41, 5.74) is 5.98. The predicted octanol–water partition coefficient (Wildman–Crippen LogP) is 0.587. The van der Waals surface area contributed by atoms with Crippen LogP contribution in [-0.2, 0) is 9.53 Å². The Hall–Kier alpha value is -0.650. The zero-order valence-corrected chi connectivity index (χ0v) is 12.5. The molecule has 0 aliphatic carbocycles. The molecule has 0 aromatic heterocycles. The molecule has 1 aliphatic heterocycles. The number of hydrogen-bond donors (Lipinski definition) is 2. The second-order valence-corrected chi connectivity index (χ2v) is 5.57. The fraction of sp³-hybridized carbons (Fsp3) is 0.929. The Morgan fingerprint density at radius 3 is 2.89 bits per heavy atom. The molecule has 5 nitrogen and oxygen atoms in total. The Morgan fingerprint density at radius 1 is 1.53 bits per heavy atom. The molecule has 5 heteroatoms. The highest BCUT2D eigenvalue weighted by Gasteiger charge is 2.28. The van der Waals surface area contributed by atoms with Crippen LogP contribution in [0.15, 0.2) is 0 Å². The lowest BCUT2D eigenvalue weighted by molar-refractivity contribution is -0.126. The van der Waals surface area contributed by atoms with Crippen LogP contribution in [-0.4, -0.2) is 56.2 Å². The van der Waals surface area contributed by atoms with Gasteiger partial charge < -0.3 is 15.8 Å². The van der Waals surface area contributed by atoms with Crippen LogP contribution in [0.25, 0.3) is 0 Å². The predicted molar refractivity (Wildman–Crippen MR) is 76.9 cm³/mol. The first-order chi connectivity index (χ1) is 9.06. The van der Waals surface area contributed by atoms with E-state index in [4.69, 9.17) is 10.5 Å². The molecule has 0 bridgehead atoms. The average molecular weight is 271 g/mol. The molecule has 0 aromatic rings. The number of nitrogens with two attached hydrogens (primary N) is 1. The third kappa shape index (κ3) is 5.47. The van der Waals surface area contributed by atoms with Crippen molar-refractivity contribution >= 4 is 5.91 Å². The molecule has 112 valence electrons. The Labute approximate surface area is 116 Å². The minimum Gasteiger partial charge on any atom is -0.385 e. The third-order valence-corrected chi connectivity index (χ3v) is 3.98. The monoisotopic (exact) mass is 271 g/mol. The third-order valence-electron chi connectivity index (χ3n) is 3.98. The summed E-state index contributed by atoms with van der Waals surface area (Å²) in [6, 6.07) is 0.142. The van der Waals surface area contributed by atoms with E-state index in [0.29, 0.717) is 19.1 Å². The maximum absolute atomic E-state index is 12.1. The summed E-state index contributed by atoms with van der Waals surface area (Å²) < 4.78 is 4.97. The van der Waals surface area contributed by atoms with Crippen LogP contribution in [0.3, 0.4) is 0 Å². The largest absolute Gasteiger partial charge is 0.385 e. The molecule has 3 atom stereocenters. The number of piperidine rings is 1. The quantitative estimate of drug-likeness (QED) is 0.665. The van der Waals surface area contributed by atoms with Gasteiger partial charge in [0.15, 0.2) is 0 Å². The highest BCUT2D eigenvalue weighted by Crippen LogP contribution is 2.20. The van der Waals surface area contributed by atoms with Gasteiger partial charge in [-0.25, -0.2) is 0 Å². The van der Waals surface area contributed by atoms with Crippen LogP contribution in [0.5, 0.6) is 0 Å². The number of nitrogens with zero attached hydrogens (tertiary/aromatic N) is 1. The molecule has 1 rings (SSSR count). The van der Waals surface area contributed by atoms with Gasteiger partial charge in [-0.05, 0) is 45.6 Å². The van der Waals surface area contributed by atoms with Gasteiger partial charge in [-0.1, -0.05) is 0 Å². The molecule has 0 spiro atoms. The van der Waals surface area contributed by atoms with Crippen LogP contribution >= 0.6 is 0 Å². The van der Waals surface area contributed by atoms with Crippen LogP contribution in [0.2, 0.25) is 0 Å². The summed E-state index contributed by atoms with van der Waals surface area (Å²) in [6.07, 6.45) is 3.17. The van der Waals surface area contributed by atoms with Gasteiger partial charge in [-0.15, -0.1) is 0 Å². The zero-order valence-electron chi connectivity index (χ0n) is 12.5. The molecule has 1 saturated heterocycles. The van der Waals surface area contributed by atoms with E-state index in [-0.39, 0.29) is 18.0 Å². The van der Waals surface area contributed by atoms with E-state index in [1.54, 1.807) is 7.11 Å². The SMILES string of the molecule is COCCCNC(=O)C(C)N1CCCC(C(C)N)C1. The normalized spacial score (nSPS) is 23.9. The Morgan fingerprint density at radius 2 is 2.26 bits per heavy atom. The van der Waals surface area contributed by atoms with Crippen LogP contribution in [0, 0.1) is 5.92 Å². The molecule has 1 heterocycles. The lowest BCUT2D eigenvalue weighted by Gasteiger charge is -2.37. The van der Waals surface area contributed by atoms with Crippen molar-refractivity contribution in [2.45, 2.75) is 45.2 Å². The van der Waals surface area contributed by atoms with Gasteiger partial charge in [0.2, 0.25) is 5.91 Å². The van der Waals surface area contributed by atoms with Crippen molar-refractivity contribution in [1.29, 1.82) is 0 Å². The number of amides is 1. The van der Waals surface area contributed by atoms with Crippen molar-refractivity contribution in [2.24, 2.45) is 11.7 Å². The first kappa shape index (κ1) is 16.4. The van der Waals surface area contributed by atoms with Crippen molar-refractivity contribution < 1.29 is 9.53 Å². The summed E-state index contributed by atoms with van der Waals surface area (Å²) in [7, 11) is 1.67. The van der Waals surface area contributed by atoms with Crippen molar-refractivity contribution in [3.63, 3.8) is 0 Å². The smallest absolute Gasteiger partial charge is 0.237 e. The van der Waals surface area contributed by atoms with E-state index in [1.165, 1.54) is 6.42 Å². The molecule has 0 saturated carbocycles. The summed E-state index contributed by atoms with van der Waals surface area (Å²) in [4.78, 5) is 14.3. The second-order valence-electron chi connectivity index (χ2n) is 5.57. The van der Waals surface area contributed by atoms with Crippen molar-refractivity contribution in [1.82, 2.24) is 10.2 Å². The number of nitrogens with one attached hydrogen (secondary N) is 1. The lowest BCUT2D eigenvalue weighted by Crippen LogP contribution is -2.51. The number of hydrogen-bond acceptors (Lipinski definition) is 4. The minimum atomic E-state index is -0.0657. The number of methoxy groups -OCH3 is 1. The molecule has 3 unspecified atom stereocenters. The number of ether oxygens (including phenoxy) is 1. The fourth-order valence-electron chi connectivity index (χ4n) is 2.56. The van der Waals surface area contributed by atoms with Gasteiger partial charge in [0.1, 0.15) is 0 Å². The summed E-state index contributed by atoms with van der Waals surface area (Å²) in [5.74, 6) is 0.624. The number of carbonyl (C=O) groups is 1. The first-order valence-corrected chi connectivity index (χ1v) is 7.32. The molecule has 1 amide bonds. The standard InChI is InChI=1S/C14H29N3O2/c1-11(15)13-6-4-8-17(10-13)12(2)14(18)16-7-5-9-19-3/h11-13H,4-10,15H2,1-3H3,(H,16,18). The van der Waals surface area contributed by atoms with Crippen LogP contribution in [0.1, 0.15) is 33.1 Å². The van der Waals surface area contributed by atoms with Crippen molar-refractivity contribution in [3.8, 4) is 0 Å². The number of likely N-dealkylation sites (tertiary alicyclic amines) is 1. The molecule has 0 radical (unpaired) electrons. The summed E-state index contributed by atoms with van der Waals surface area (Å²) in [6.45, 7) is 7.34.